The van der Waals surface area contributed by atoms with Gasteiger partial charge in [-0.25, -0.2) is 18.8 Å². The van der Waals surface area contributed by atoms with Crippen LogP contribution in [-0.4, -0.2) is 23.2 Å². The molecule has 0 bridgehead atoms. The average molecular weight is 393 g/mol. The summed E-state index contributed by atoms with van der Waals surface area (Å²) in [6.07, 6.45) is 12.2. The van der Waals surface area contributed by atoms with Gasteiger partial charge < -0.3 is 4.74 Å². The number of ether oxygens (including phenoxy) is 1. The van der Waals surface area contributed by atoms with E-state index in [9.17, 15) is 8.78 Å². The molecule has 0 saturated heterocycles. The van der Waals surface area contributed by atoms with E-state index in [-0.39, 0.29) is 22.1 Å². The lowest BCUT2D eigenvalue weighted by Crippen LogP contribution is -2.61. The molecule has 1 fully saturated rings. The van der Waals surface area contributed by atoms with Crippen molar-refractivity contribution in [3.63, 3.8) is 0 Å². The van der Waals surface area contributed by atoms with E-state index in [2.05, 4.69) is 15.0 Å². The summed E-state index contributed by atoms with van der Waals surface area (Å²) in [5, 5.41) is 2.14. The van der Waals surface area contributed by atoms with E-state index >= 15 is 0 Å². The molecule has 0 aromatic heterocycles. The van der Waals surface area contributed by atoms with E-state index in [4.69, 9.17) is 4.74 Å². The number of para-hydroxylation sites is 1. The van der Waals surface area contributed by atoms with Crippen LogP contribution >= 0.6 is 0 Å². The number of aliphatic imine (C=N–C) groups is 2. The Kier molecular flexibility index (Phi) is 4.24. The third kappa shape index (κ3) is 2.94. The third-order valence-electron chi connectivity index (χ3n) is 5.46. The molecule has 0 amide bonds. The Hall–Kier alpha value is -3.32. The Balaban J connectivity index is 1.51. The molecule has 146 valence electrons. The Bertz CT molecular complexity index is 1070. The Labute approximate surface area is 167 Å². The molecule has 2 aliphatic heterocycles. The van der Waals surface area contributed by atoms with E-state index in [0.717, 1.165) is 25.0 Å². The molecule has 1 unspecified atom stereocenters. The van der Waals surface area contributed by atoms with Crippen molar-refractivity contribution in [3.05, 3.63) is 78.4 Å². The average Bonchev–Trinajstić information content (AvgIpc) is 3.12. The first-order valence-electron chi connectivity index (χ1n) is 9.53. The number of benzene rings is 2. The summed E-state index contributed by atoms with van der Waals surface area (Å²) >= 11 is 0. The lowest BCUT2D eigenvalue weighted by molar-refractivity contribution is -0.746. The van der Waals surface area contributed by atoms with E-state index in [1.807, 2.05) is 12.5 Å². The minimum absolute atomic E-state index is 0.0102. The van der Waals surface area contributed by atoms with Gasteiger partial charge in [0.2, 0.25) is 12.0 Å². The molecule has 2 heterocycles. The molecule has 2 aromatic carbocycles. The smallest absolute Gasteiger partial charge is 0.225 e. The first-order chi connectivity index (χ1) is 14.2. The topological polar surface area (TPSA) is 37.2 Å². The minimum Gasteiger partial charge on any atom is -0.451 e. The Morgan fingerprint density at radius 1 is 1.00 bits per heavy atom. The molecule has 7 heteroatoms. The van der Waals surface area contributed by atoms with E-state index in [0.29, 0.717) is 5.69 Å². The molecule has 2 aromatic rings. The van der Waals surface area contributed by atoms with Gasteiger partial charge in [0, 0.05) is 6.07 Å². The van der Waals surface area contributed by atoms with Gasteiger partial charge in [0.1, 0.15) is 0 Å². The maximum Gasteiger partial charge on any atom is 0.225 e. The molecule has 3 aliphatic rings. The van der Waals surface area contributed by atoms with Gasteiger partial charge >= 0.3 is 0 Å². The highest BCUT2D eigenvalue weighted by Crippen LogP contribution is 2.40. The minimum atomic E-state index is -0.551. The van der Waals surface area contributed by atoms with Crippen molar-refractivity contribution in [1.82, 2.24) is 0 Å². The van der Waals surface area contributed by atoms with Crippen LogP contribution in [0, 0.1) is 11.6 Å². The molecule has 0 N–H and O–H groups in total. The number of allylic oxidation sites excluding steroid dienone is 1. The Morgan fingerprint density at radius 3 is 2.59 bits per heavy atom. The second-order valence-corrected chi connectivity index (χ2v) is 7.21. The van der Waals surface area contributed by atoms with Crippen LogP contribution in [0.25, 0.3) is 0 Å². The normalized spacial score (nSPS) is 22.2. The van der Waals surface area contributed by atoms with E-state index in [1.54, 1.807) is 42.9 Å². The molecule has 1 saturated carbocycles. The number of hydrogen-bond donors (Lipinski definition) is 0. The summed E-state index contributed by atoms with van der Waals surface area (Å²) in [5.74, 6) is -1.12. The van der Waals surface area contributed by atoms with Crippen molar-refractivity contribution in [2.45, 2.75) is 25.3 Å². The molecule has 1 aliphatic carbocycles. The number of hydrogen-bond acceptors (Lipinski definition) is 4. The van der Waals surface area contributed by atoms with Gasteiger partial charge in [-0.05, 0) is 43.5 Å². The van der Waals surface area contributed by atoms with Crippen LogP contribution in [0.15, 0.2) is 76.7 Å². The number of fused-ring (bicyclic) bond motifs is 1. The summed E-state index contributed by atoms with van der Waals surface area (Å²) in [4.78, 5) is 8.54. The van der Waals surface area contributed by atoms with Gasteiger partial charge in [0.25, 0.3) is 0 Å². The molecular weight excluding hydrogens is 374 g/mol. The number of halogens is 2. The van der Waals surface area contributed by atoms with Crippen molar-refractivity contribution < 1.29 is 18.1 Å². The summed E-state index contributed by atoms with van der Waals surface area (Å²) in [6.45, 7) is 0. The highest BCUT2D eigenvalue weighted by Gasteiger charge is 2.46. The van der Waals surface area contributed by atoms with Crippen molar-refractivity contribution in [1.29, 1.82) is 0 Å². The zero-order valence-electron chi connectivity index (χ0n) is 15.6. The predicted molar refractivity (Wildman–Crippen MR) is 107 cm³/mol. The van der Waals surface area contributed by atoms with Crippen LogP contribution in [0.5, 0.6) is 11.5 Å². The number of nitrogens with zero attached hydrogens (tertiary/aromatic N) is 4. The van der Waals surface area contributed by atoms with Crippen molar-refractivity contribution in [3.8, 4) is 11.5 Å². The first-order valence-corrected chi connectivity index (χ1v) is 9.53. The lowest BCUT2D eigenvalue weighted by atomic mass is 9.91. The number of rotatable bonds is 5. The number of anilines is 1. The summed E-state index contributed by atoms with van der Waals surface area (Å²) in [5.41, 5.74) is 1.60. The predicted octanol–water partition coefficient (Wildman–Crippen LogP) is 5.29. The summed E-state index contributed by atoms with van der Waals surface area (Å²) in [6, 6.07) is 11.0. The van der Waals surface area contributed by atoms with E-state index in [1.165, 1.54) is 18.2 Å². The SMILES string of the molecule is Fc1ccccc1Oc1ccc(N(C2CCC2)[N+]23C=CN=CC2=CN=C3)cc1F. The van der Waals surface area contributed by atoms with Crippen LogP contribution < -0.4 is 9.75 Å². The van der Waals surface area contributed by atoms with Gasteiger partial charge in [-0.2, -0.15) is 0 Å². The molecule has 5 nitrogen and oxygen atoms in total. The summed E-state index contributed by atoms with van der Waals surface area (Å²) < 4.78 is 34.5. The maximum atomic E-state index is 14.9. The van der Waals surface area contributed by atoms with Gasteiger partial charge in [-0.15, -0.1) is 4.59 Å². The first kappa shape index (κ1) is 17.8. The lowest BCUT2D eigenvalue weighted by Gasteiger charge is -2.46. The number of quaternary nitrogens is 1. The third-order valence-corrected chi connectivity index (χ3v) is 5.46. The van der Waals surface area contributed by atoms with Gasteiger partial charge in [-0.3, -0.25) is 4.99 Å². The molecule has 29 heavy (non-hydrogen) atoms. The zero-order valence-corrected chi connectivity index (χ0v) is 15.6. The molecule has 0 radical (unpaired) electrons. The fourth-order valence-corrected chi connectivity index (χ4v) is 3.80. The van der Waals surface area contributed by atoms with Crippen molar-refractivity contribution >= 4 is 18.2 Å². The fraction of sp³-hybridized carbons (Fsp3) is 0.182. The molecule has 1 atom stereocenters. The van der Waals surface area contributed by atoms with Crippen LogP contribution in [0.4, 0.5) is 14.5 Å². The highest BCUT2D eigenvalue weighted by molar-refractivity contribution is 5.82. The Morgan fingerprint density at radius 2 is 1.83 bits per heavy atom. The van der Waals surface area contributed by atoms with Gasteiger partial charge in [0.05, 0.1) is 30.3 Å². The van der Waals surface area contributed by atoms with Crippen LogP contribution in [0.3, 0.4) is 0 Å². The van der Waals surface area contributed by atoms with Crippen molar-refractivity contribution in [2.24, 2.45) is 9.98 Å². The van der Waals surface area contributed by atoms with Gasteiger partial charge in [-0.1, -0.05) is 12.1 Å². The zero-order chi connectivity index (χ0) is 19.8. The fourth-order valence-electron chi connectivity index (χ4n) is 3.80. The van der Waals surface area contributed by atoms with Crippen LogP contribution in [0.2, 0.25) is 0 Å². The van der Waals surface area contributed by atoms with Crippen LogP contribution in [0.1, 0.15) is 19.3 Å². The molecule has 0 spiro atoms. The molecular formula is C22H19F2N4O+. The highest BCUT2D eigenvalue weighted by atomic mass is 19.1. The second-order valence-electron chi connectivity index (χ2n) is 7.21. The van der Waals surface area contributed by atoms with Crippen LogP contribution in [-0.2, 0) is 0 Å². The largest absolute Gasteiger partial charge is 0.451 e. The molecule has 5 rings (SSSR count). The van der Waals surface area contributed by atoms with Gasteiger partial charge in [0.15, 0.2) is 29.3 Å². The standard InChI is InChI=1S/C22H19F2N4O/c23-19-6-1-2-7-21(19)29-22-9-8-17(12-20(22)24)27(16-4-3-5-16)28-11-10-25-13-18(28)14-26-15-28/h1-2,6-16H,3-5H2/q+1. The monoisotopic (exact) mass is 393 g/mol. The van der Waals surface area contributed by atoms with Crippen molar-refractivity contribution in [2.75, 3.05) is 5.01 Å². The maximum absolute atomic E-state index is 14.9. The second kappa shape index (κ2) is 6.93. The van der Waals surface area contributed by atoms with E-state index < -0.39 is 11.6 Å². The quantitative estimate of drug-likeness (QED) is 0.648. The summed E-state index contributed by atoms with van der Waals surface area (Å²) in [7, 11) is 0.